The normalized spacial score (nSPS) is 27.1. The number of fused-ring (bicyclic) bond motifs is 1. The van der Waals surface area contributed by atoms with Crippen molar-refractivity contribution in [3.63, 3.8) is 0 Å². The summed E-state index contributed by atoms with van der Waals surface area (Å²) in [5.41, 5.74) is 1.07. The molecule has 1 saturated carbocycles. The van der Waals surface area contributed by atoms with Gasteiger partial charge in [-0.3, -0.25) is 14.5 Å². The Labute approximate surface area is 174 Å². The minimum absolute atomic E-state index is 0.0310. The van der Waals surface area contributed by atoms with Gasteiger partial charge in [0.25, 0.3) is 0 Å². The maximum absolute atomic E-state index is 14.9. The average Bonchev–Trinajstić information content (AvgIpc) is 3.04. The smallest absolute Gasteiger partial charge is 0.414 e. The summed E-state index contributed by atoms with van der Waals surface area (Å²) in [6.07, 6.45) is -0.652. The predicted molar refractivity (Wildman–Crippen MR) is 105 cm³/mol. The van der Waals surface area contributed by atoms with E-state index in [1.54, 1.807) is 24.0 Å². The van der Waals surface area contributed by atoms with Crippen LogP contribution in [0.25, 0.3) is 0 Å². The summed E-state index contributed by atoms with van der Waals surface area (Å²) in [6, 6.07) is 4.83. The van der Waals surface area contributed by atoms with E-state index >= 15 is 0 Å². The molecule has 1 aromatic rings. The van der Waals surface area contributed by atoms with E-state index in [4.69, 9.17) is 9.47 Å². The SMILES string of the molecule is CCC(=O)NC[C@H]1CN(c2ccc(C3[C@H]4CN(C(=O)COC)C[C@@H]34)c(F)c2)C(=O)O1. The highest BCUT2D eigenvalue weighted by Crippen LogP contribution is 2.58. The summed E-state index contributed by atoms with van der Waals surface area (Å²) in [5, 5.41) is 2.70. The number of nitrogens with zero attached hydrogens (tertiary/aromatic N) is 2. The van der Waals surface area contributed by atoms with Crippen molar-refractivity contribution < 1.29 is 28.2 Å². The molecule has 2 saturated heterocycles. The molecule has 0 bridgehead atoms. The third-order valence-corrected chi connectivity index (χ3v) is 6.19. The standard InChI is InChI=1S/C21H26FN3O5/c1-3-18(26)23-7-13-8-25(21(28)30-13)12-4-5-14(17(22)6-12)20-15-9-24(10-16(15)20)19(27)11-29-2/h4-6,13,15-16,20H,3,7-11H2,1-2H3,(H,23,26)/t13-,15-,16+,20?/m0/s1. The number of hydrogen-bond donors (Lipinski definition) is 1. The van der Waals surface area contributed by atoms with E-state index in [9.17, 15) is 18.8 Å². The number of amides is 3. The van der Waals surface area contributed by atoms with Gasteiger partial charge in [0.2, 0.25) is 11.8 Å². The number of rotatable bonds is 7. The number of nitrogens with one attached hydrogen (secondary N) is 1. The van der Waals surface area contributed by atoms with Gasteiger partial charge in [-0.05, 0) is 35.4 Å². The first-order valence-electron chi connectivity index (χ1n) is 10.2. The molecular formula is C21H26FN3O5. The molecule has 3 aliphatic rings. The zero-order chi connectivity index (χ0) is 21.4. The van der Waals surface area contributed by atoms with Crippen LogP contribution in [0.2, 0.25) is 0 Å². The molecule has 1 aliphatic carbocycles. The Balaban J connectivity index is 1.36. The Bertz CT molecular complexity index is 851. The van der Waals surface area contributed by atoms with Crippen LogP contribution in [0.3, 0.4) is 0 Å². The quantitative estimate of drug-likeness (QED) is 0.724. The average molecular weight is 419 g/mol. The fourth-order valence-electron chi connectivity index (χ4n) is 4.55. The van der Waals surface area contributed by atoms with Gasteiger partial charge in [-0.1, -0.05) is 13.0 Å². The van der Waals surface area contributed by atoms with Gasteiger partial charge in [0, 0.05) is 26.6 Å². The molecule has 3 fully saturated rings. The third-order valence-electron chi connectivity index (χ3n) is 6.19. The summed E-state index contributed by atoms with van der Waals surface area (Å²) in [7, 11) is 1.49. The van der Waals surface area contributed by atoms with Crippen LogP contribution in [-0.2, 0) is 19.1 Å². The molecule has 1 unspecified atom stereocenters. The van der Waals surface area contributed by atoms with Gasteiger partial charge in [0.05, 0.1) is 18.8 Å². The van der Waals surface area contributed by atoms with Crippen molar-refractivity contribution >= 4 is 23.6 Å². The molecule has 2 aliphatic heterocycles. The number of likely N-dealkylation sites (tertiary alicyclic amines) is 1. The fraction of sp³-hybridized carbons (Fsp3) is 0.571. The molecule has 0 aromatic heterocycles. The van der Waals surface area contributed by atoms with E-state index in [1.165, 1.54) is 18.1 Å². The second kappa shape index (κ2) is 8.22. The van der Waals surface area contributed by atoms with Gasteiger partial charge in [-0.2, -0.15) is 0 Å². The molecule has 3 amide bonds. The van der Waals surface area contributed by atoms with Crippen molar-refractivity contribution in [1.82, 2.24) is 10.2 Å². The molecule has 8 nitrogen and oxygen atoms in total. The van der Waals surface area contributed by atoms with E-state index < -0.39 is 12.2 Å². The molecule has 0 radical (unpaired) electrons. The summed E-state index contributed by atoms with van der Waals surface area (Å²) >= 11 is 0. The van der Waals surface area contributed by atoms with Crippen molar-refractivity contribution in [2.75, 3.05) is 44.8 Å². The molecule has 1 aromatic carbocycles. The Morgan fingerprint density at radius 3 is 2.63 bits per heavy atom. The van der Waals surface area contributed by atoms with E-state index in [-0.39, 0.29) is 55.1 Å². The monoisotopic (exact) mass is 419 g/mol. The van der Waals surface area contributed by atoms with E-state index in [1.807, 2.05) is 0 Å². The Kier molecular flexibility index (Phi) is 5.64. The maximum atomic E-state index is 14.9. The molecule has 2 heterocycles. The summed E-state index contributed by atoms with van der Waals surface area (Å²) in [6.45, 7) is 3.56. The zero-order valence-corrected chi connectivity index (χ0v) is 17.1. The number of carbonyl (C=O) groups excluding carboxylic acids is 3. The lowest BCUT2D eigenvalue weighted by Gasteiger charge is -2.20. The summed E-state index contributed by atoms with van der Waals surface area (Å²) < 4.78 is 25.0. The number of methoxy groups -OCH3 is 1. The molecule has 9 heteroatoms. The Morgan fingerprint density at radius 2 is 2.00 bits per heavy atom. The van der Waals surface area contributed by atoms with Crippen LogP contribution in [0.4, 0.5) is 14.9 Å². The summed E-state index contributed by atoms with van der Waals surface area (Å²) in [5.74, 6) is 0.156. The number of anilines is 1. The van der Waals surface area contributed by atoms with Crippen LogP contribution in [0.15, 0.2) is 18.2 Å². The lowest BCUT2D eigenvalue weighted by molar-refractivity contribution is -0.134. The minimum Gasteiger partial charge on any atom is -0.442 e. The summed E-state index contributed by atoms with van der Waals surface area (Å²) in [4.78, 5) is 38.6. The molecular weight excluding hydrogens is 393 g/mol. The van der Waals surface area contributed by atoms with E-state index in [0.29, 0.717) is 30.8 Å². The fourth-order valence-corrected chi connectivity index (χ4v) is 4.55. The van der Waals surface area contributed by atoms with Gasteiger partial charge in [0.1, 0.15) is 18.5 Å². The first kappa shape index (κ1) is 20.6. The van der Waals surface area contributed by atoms with Gasteiger partial charge >= 0.3 is 6.09 Å². The number of cyclic esters (lactones) is 1. The van der Waals surface area contributed by atoms with Gasteiger partial charge in [-0.25, -0.2) is 9.18 Å². The lowest BCUT2D eigenvalue weighted by atomic mass is 10.0. The number of halogens is 1. The largest absolute Gasteiger partial charge is 0.442 e. The van der Waals surface area contributed by atoms with Crippen molar-refractivity contribution in [3.8, 4) is 0 Å². The lowest BCUT2D eigenvalue weighted by Crippen LogP contribution is -2.34. The van der Waals surface area contributed by atoms with Crippen LogP contribution in [0, 0.1) is 17.7 Å². The number of hydrogen-bond acceptors (Lipinski definition) is 5. The predicted octanol–water partition coefficient (Wildman–Crippen LogP) is 1.50. The van der Waals surface area contributed by atoms with Gasteiger partial charge in [-0.15, -0.1) is 0 Å². The van der Waals surface area contributed by atoms with E-state index in [0.717, 1.165) is 0 Å². The van der Waals surface area contributed by atoms with Crippen LogP contribution < -0.4 is 10.2 Å². The number of carbonyl (C=O) groups is 3. The Morgan fingerprint density at radius 1 is 1.27 bits per heavy atom. The molecule has 162 valence electrons. The maximum Gasteiger partial charge on any atom is 0.414 e. The number of benzene rings is 1. The molecule has 4 atom stereocenters. The second-order valence-electron chi connectivity index (χ2n) is 8.07. The van der Waals surface area contributed by atoms with E-state index in [2.05, 4.69) is 5.32 Å². The van der Waals surface area contributed by atoms with Crippen molar-refractivity contribution in [2.45, 2.75) is 25.4 Å². The number of piperidine rings is 1. The van der Waals surface area contributed by atoms with Crippen molar-refractivity contribution in [2.24, 2.45) is 11.8 Å². The first-order valence-corrected chi connectivity index (χ1v) is 10.2. The van der Waals surface area contributed by atoms with Crippen LogP contribution in [0.5, 0.6) is 0 Å². The highest BCUT2D eigenvalue weighted by molar-refractivity contribution is 5.90. The van der Waals surface area contributed by atoms with Gasteiger partial charge in [0.15, 0.2) is 0 Å². The van der Waals surface area contributed by atoms with Crippen LogP contribution in [0.1, 0.15) is 24.8 Å². The molecule has 1 N–H and O–H groups in total. The highest BCUT2D eigenvalue weighted by Gasteiger charge is 2.57. The van der Waals surface area contributed by atoms with Gasteiger partial charge < -0.3 is 19.7 Å². The zero-order valence-electron chi connectivity index (χ0n) is 17.1. The van der Waals surface area contributed by atoms with Crippen LogP contribution >= 0.6 is 0 Å². The van der Waals surface area contributed by atoms with Crippen LogP contribution in [-0.4, -0.2) is 68.8 Å². The first-order chi connectivity index (χ1) is 14.4. The third kappa shape index (κ3) is 3.86. The molecule has 4 rings (SSSR count). The topological polar surface area (TPSA) is 88.2 Å². The highest BCUT2D eigenvalue weighted by atomic mass is 19.1. The van der Waals surface area contributed by atoms with Crippen molar-refractivity contribution in [3.05, 3.63) is 29.6 Å². The minimum atomic E-state index is -0.548. The number of ether oxygens (including phenoxy) is 2. The Hall–Kier alpha value is -2.68. The molecule has 0 spiro atoms. The second-order valence-corrected chi connectivity index (χ2v) is 8.07. The van der Waals surface area contributed by atoms with Crippen molar-refractivity contribution in [1.29, 1.82) is 0 Å². The molecule has 30 heavy (non-hydrogen) atoms.